The number of benzene rings is 1. The molecule has 0 saturated heterocycles. The lowest BCUT2D eigenvalue weighted by Gasteiger charge is -2.06. The Balaban J connectivity index is 1.48. The van der Waals surface area contributed by atoms with E-state index in [1.807, 2.05) is 0 Å². The number of ether oxygens (including phenoxy) is 1. The Morgan fingerprint density at radius 1 is 1.12 bits per heavy atom. The predicted octanol–water partition coefficient (Wildman–Crippen LogP) is 3.86. The Labute approximate surface area is 148 Å². The van der Waals surface area contributed by atoms with Crippen molar-refractivity contribution >= 4 is 22.4 Å². The van der Waals surface area contributed by atoms with Crippen LogP contribution in [0.15, 0.2) is 42.7 Å². The van der Waals surface area contributed by atoms with Crippen LogP contribution in [0, 0.1) is 0 Å². The largest absolute Gasteiger partial charge is 0.424 e. The summed E-state index contributed by atoms with van der Waals surface area (Å²) in [6.45, 7) is 0. The standard InChI is InChI=1S/C18H16N4O2S/c23-16(22-18-21-14-7-1-2-8-15(14)25-18)12-5-3-6-13(11-12)24-17-19-9-4-10-20-17/h3-6,9-11H,1-2,7-8H2,(H,21,22,23). The molecule has 1 aliphatic carbocycles. The molecule has 4 rings (SSSR count). The summed E-state index contributed by atoms with van der Waals surface area (Å²) in [5, 5.41) is 3.55. The van der Waals surface area contributed by atoms with Crippen molar-refractivity contribution in [1.29, 1.82) is 0 Å². The van der Waals surface area contributed by atoms with Gasteiger partial charge in [-0.25, -0.2) is 15.0 Å². The van der Waals surface area contributed by atoms with Crippen LogP contribution in [0.5, 0.6) is 11.8 Å². The molecule has 7 heteroatoms. The molecule has 2 aromatic heterocycles. The van der Waals surface area contributed by atoms with E-state index in [-0.39, 0.29) is 11.9 Å². The number of anilines is 1. The van der Waals surface area contributed by atoms with Crippen LogP contribution in [-0.2, 0) is 12.8 Å². The summed E-state index contributed by atoms with van der Waals surface area (Å²) in [4.78, 5) is 26.4. The molecule has 0 saturated carbocycles. The molecule has 1 aromatic carbocycles. The van der Waals surface area contributed by atoms with Crippen LogP contribution in [0.2, 0.25) is 0 Å². The Kier molecular flexibility index (Phi) is 4.39. The van der Waals surface area contributed by atoms with Crippen molar-refractivity contribution in [3.8, 4) is 11.8 Å². The second-order valence-corrected chi connectivity index (χ2v) is 6.80. The Morgan fingerprint density at radius 2 is 1.96 bits per heavy atom. The van der Waals surface area contributed by atoms with E-state index >= 15 is 0 Å². The van der Waals surface area contributed by atoms with Crippen molar-refractivity contribution < 1.29 is 9.53 Å². The number of carbonyl (C=O) groups is 1. The SMILES string of the molecule is O=C(Nc1nc2c(s1)CCCC2)c1cccc(Oc2ncccn2)c1. The number of nitrogens with zero attached hydrogens (tertiary/aromatic N) is 3. The molecule has 0 bridgehead atoms. The van der Waals surface area contributed by atoms with Crippen molar-refractivity contribution in [1.82, 2.24) is 15.0 Å². The zero-order valence-electron chi connectivity index (χ0n) is 13.4. The fraction of sp³-hybridized carbons (Fsp3) is 0.222. The molecule has 25 heavy (non-hydrogen) atoms. The molecule has 1 N–H and O–H groups in total. The van der Waals surface area contributed by atoms with Crippen LogP contribution in [-0.4, -0.2) is 20.9 Å². The van der Waals surface area contributed by atoms with E-state index in [1.165, 1.54) is 17.7 Å². The molecule has 1 amide bonds. The molecule has 6 nitrogen and oxygen atoms in total. The van der Waals surface area contributed by atoms with Crippen molar-refractivity contribution in [2.75, 3.05) is 5.32 Å². The number of aryl methyl sites for hydroxylation is 2. The molecule has 0 unspecified atom stereocenters. The van der Waals surface area contributed by atoms with Gasteiger partial charge < -0.3 is 4.74 Å². The zero-order valence-corrected chi connectivity index (χ0v) is 14.3. The van der Waals surface area contributed by atoms with Gasteiger partial charge in [0.1, 0.15) is 5.75 Å². The summed E-state index contributed by atoms with van der Waals surface area (Å²) in [6, 6.07) is 8.88. The first-order valence-electron chi connectivity index (χ1n) is 8.13. The Morgan fingerprint density at radius 3 is 2.80 bits per heavy atom. The third kappa shape index (κ3) is 3.66. The maximum absolute atomic E-state index is 12.5. The van der Waals surface area contributed by atoms with Crippen molar-refractivity contribution in [2.24, 2.45) is 0 Å². The lowest BCUT2D eigenvalue weighted by Crippen LogP contribution is -2.11. The molecule has 126 valence electrons. The number of hydrogen-bond donors (Lipinski definition) is 1. The van der Waals surface area contributed by atoms with E-state index in [1.54, 1.807) is 54.1 Å². The number of aromatic nitrogens is 3. The first-order chi connectivity index (χ1) is 12.3. The third-order valence-electron chi connectivity index (χ3n) is 3.91. The maximum Gasteiger partial charge on any atom is 0.321 e. The number of thiazole rings is 1. The molecular weight excluding hydrogens is 336 g/mol. The molecule has 3 aromatic rings. The van der Waals surface area contributed by atoms with Gasteiger partial charge in [0.25, 0.3) is 5.91 Å². The van der Waals surface area contributed by atoms with Crippen LogP contribution in [0.25, 0.3) is 0 Å². The second-order valence-electron chi connectivity index (χ2n) is 5.71. The number of rotatable bonds is 4. The lowest BCUT2D eigenvalue weighted by atomic mass is 10.0. The first kappa shape index (κ1) is 15.7. The molecule has 0 atom stereocenters. The quantitative estimate of drug-likeness (QED) is 0.771. The summed E-state index contributed by atoms with van der Waals surface area (Å²) < 4.78 is 5.57. The topological polar surface area (TPSA) is 77.0 Å². The van der Waals surface area contributed by atoms with Gasteiger partial charge >= 0.3 is 6.01 Å². The molecule has 1 aliphatic rings. The number of hydrogen-bond acceptors (Lipinski definition) is 6. The number of fused-ring (bicyclic) bond motifs is 1. The van der Waals surface area contributed by atoms with E-state index in [2.05, 4.69) is 20.3 Å². The van der Waals surface area contributed by atoms with Crippen LogP contribution in [0.3, 0.4) is 0 Å². The van der Waals surface area contributed by atoms with E-state index < -0.39 is 0 Å². The minimum atomic E-state index is -0.203. The van der Waals surface area contributed by atoms with Crippen LogP contribution >= 0.6 is 11.3 Å². The number of nitrogens with one attached hydrogen (secondary N) is 1. The minimum absolute atomic E-state index is 0.203. The Hall–Kier alpha value is -2.80. The average Bonchev–Trinajstić information content (AvgIpc) is 3.05. The molecule has 0 radical (unpaired) electrons. The highest BCUT2D eigenvalue weighted by Crippen LogP contribution is 2.30. The monoisotopic (exact) mass is 352 g/mol. The van der Waals surface area contributed by atoms with E-state index in [4.69, 9.17) is 4.74 Å². The van der Waals surface area contributed by atoms with Gasteiger partial charge in [0.2, 0.25) is 0 Å². The normalized spacial score (nSPS) is 13.1. The Bertz CT molecular complexity index is 872. The minimum Gasteiger partial charge on any atom is -0.424 e. The van der Waals surface area contributed by atoms with E-state index in [0.29, 0.717) is 16.4 Å². The van der Waals surface area contributed by atoms with Crippen LogP contribution < -0.4 is 10.1 Å². The van der Waals surface area contributed by atoms with Gasteiger partial charge in [-0.1, -0.05) is 6.07 Å². The van der Waals surface area contributed by atoms with E-state index in [0.717, 1.165) is 18.5 Å². The number of carbonyl (C=O) groups excluding carboxylic acids is 1. The molecule has 2 heterocycles. The molecule has 0 fully saturated rings. The summed E-state index contributed by atoms with van der Waals surface area (Å²) in [6.07, 6.45) is 7.63. The summed E-state index contributed by atoms with van der Waals surface area (Å²) in [5.74, 6) is 0.308. The van der Waals surface area contributed by atoms with Crippen LogP contribution in [0.4, 0.5) is 5.13 Å². The van der Waals surface area contributed by atoms with Crippen molar-refractivity contribution in [3.05, 3.63) is 58.9 Å². The van der Waals surface area contributed by atoms with Gasteiger partial charge in [-0.2, -0.15) is 0 Å². The number of amides is 1. The van der Waals surface area contributed by atoms with Gasteiger partial charge in [0.05, 0.1) is 5.69 Å². The van der Waals surface area contributed by atoms with E-state index in [9.17, 15) is 4.79 Å². The molecule has 0 aliphatic heterocycles. The fourth-order valence-corrected chi connectivity index (χ4v) is 3.76. The second kappa shape index (κ2) is 6.98. The summed E-state index contributed by atoms with van der Waals surface area (Å²) >= 11 is 1.57. The van der Waals surface area contributed by atoms with Crippen molar-refractivity contribution in [2.45, 2.75) is 25.7 Å². The first-order valence-corrected chi connectivity index (χ1v) is 8.94. The van der Waals surface area contributed by atoms with Gasteiger partial charge in [0.15, 0.2) is 5.13 Å². The van der Waals surface area contributed by atoms with Gasteiger partial charge in [-0.05, 0) is 49.9 Å². The fourth-order valence-electron chi connectivity index (χ4n) is 2.72. The maximum atomic E-state index is 12.5. The highest BCUT2D eigenvalue weighted by atomic mass is 32.1. The van der Waals surface area contributed by atoms with Gasteiger partial charge in [-0.15, -0.1) is 11.3 Å². The average molecular weight is 352 g/mol. The third-order valence-corrected chi connectivity index (χ3v) is 4.99. The van der Waals surface area contributed by atoms with Crippen molar-refractivity contribution in [3.63, 3.8) is 0 Å². The van der Waals surface area contributed by atoms with Crippen LogP contribution in [0.1, 0.15) is 33.8 Å². The smallest absolute Gasteiger partial charge is 0.321 e. The van der Waals surface area contributed by atoms with Gasteiger partial charge in [0, 0.05) is 22.8 Å². The molecular formula is C18H16N4O2S. The summed E-state index contributed by atoms with van der Waals surface area (Å²) in [7, 11) is 0. The van der Waals surface area contributed by atoms with Gasteiger partial charge in [-0.3, -0.25) is 10.1 Å². The summed E-state index contributed by atoms with van der Waals surface area (Å²) in [5.41, 5.74) is 1.63. The highest BCUT2D eigenvalue weighted by Gasteiger charge is 2.17. The zero-order chi connectivity index (χ0) is 17.1. The highest BCUT2D eigenvalue weighted by molar-refractivity contribution is 7.15. The lowest BCUT2D eigenvalue weighted by molar-refractivity contribution is 0.102. The molecule has 0 spiro atoms. The predicted molar refractivity (Wildman–Crippen MR) is 95.3 cm³/mol.